The summed E-state index contributed by atoms with van der Waals surface area (Å²) in [5.41, 5.74) is 3.10. The SMILES string of the molecule is COC(=O)C1=C(CSc2ccc(-c3c4ccc(=O)cc-4oc4cc(OC)ccc34)c(C(=O)OC)c2)CSC2C(NC(=O)CNCc3cc4c(oc3=O)=CC(OC)C(Cl)C=4)C(=O)N12. The lowest BCUT2D eigenvalue weighted by atomic mass is 9.91. The topological polar surface area (TPSA) is 193 Å². The number of amides is 2. The van der Waals surface area contributed by atoms with Gasteiger partial charge in [-0.1, -0.05) is 12.1 Å². The van der Waals surface area contributed by atoms with E-state index >= 15 is 0 Å². The van der Waals surface area contributed by atoms with Gasteiger partial charge in [0.25, 0.3) is 5.91 Å². The molecule has 0 bridgehead atoms. The molecule has 8 rings (SSSR count). The molecule has 1 fully saturated rings. The van der Waals surface area contributed by atoms with Crippen LogP contribution in [0.3, 0.4) is 0 Å². The Morgan fingerprint density at radius 3 is 2.47 bits per heavy atom. The number of alkyl halides is 1. The molecular formula is C44H38ClN3O12S2. The Morgan fingerprint density at radius 1 is 0.919 bits per heavy atom. The van der Waals surface area contributed by atoms with Gasteiger partial charge in [0.2, 0.25) is 5.91 Å². The molecule has 5 aliphatic rings. The number of hydrogen-bond donors (Lipinski definition) is 2. The highest BCUT2D eigenvalue weighted by atomic mass is 35.5. The molecule has 3 aromatic rings. The van der Waals surface area contributed by atoms with Crippen molar-refractivity contribution < 1.29 is 47.0 Å². The van der Waals surface area contributed by atoms with E-state index in [1.54, 1.807) is 48.6 Å². The molecule has 1 saturated heterocycles. The van der Waals surface area contributed by atoms with Gasteiger partial charge in [0, 0.05) is 63.9 Å². The molecular weight excluding hydrogens is 862 g/mol. The van der Waals surface area contributed by atoms with E-state index < -0.39 is 52.3 Å². The van der Waals surface area contributed by atoms with Crippen LogP contribution >= 0.6 is 35.1 Å². The average Bonchev–Trinajstić information content (AvgIpc) is 3.28. The summed E-state index contributed by atoms with van der Waals surface area (Å²) in [6, 6.07) is 15.9. The van der Waals surface area contributed by atoms with Crippen molar-refractivity contribution in [3.05, 3.63) is 114 Å². The number of carbonyl (C=O) groups is 4. The number of nitrogens with one attached hydrogen (secondary N) is 2. The number of methoxy groups -OCH3 is 4. The van der Waals surface area contributed by atoms with Gasteiger partial charge in [0.15, 0.2) is 5.43 Å². The first kappa shape index (κ1) is 42.8. The van der Waals surface area contributed by atoms with Crippen molar-refractivity contribution in [2.45, 2.75) is 34.3 Å². The van der Waals surface area contributed by atoms with Gasteiger partial charge >= 0.3 is 17.6 Å². The second kappa shape index (κ2) is 17.9. The van der Waals surface area contributed by atoms with Crippen molar-refractivity contribution in [3.8, 4) is 28.2 Å². The van der Waals surface area contributed by atoms with E-state index in [0.29, 0.717) is 71.6 Å². The van der Waals surface area contributed by atoms with E-state index in [1.807, 2.05) is 12.1 Å². The zero-order chi connectivity index (χ0) is 43.8. The highest BCUT2D eigenvalue weighted by molar-refractivity contribution is 8.01. The first-order valence-electron chi connectivity index (χ1n) is 19.1. The Kier molecular flexibility index (Phi) is 12.3. The van der Waals surface area contributed by atoms with Crippen LogP contribution in [0.15, 0.2) is 95.3 Å². The minimum atomic E-state index is -0.897. The predicted octanol–water partition coefficient (Wildman–Crippen LogP) is 3.22. The molecule has 0 radical (unpaired) electrons. The summed E-state index contributed by atoms with van der Waals surface area (Å²) >= 11 is 9.10. The lowest BCUT2D eigenvalue weighted by Crippen LogP contribution is -2.71. The standard InChI is InChI=1S/C44H38ClN3O12S2/c1-55-25-6-9-29-34(14-25)59-33-13-24(49)5-8-28(33)37(29)27-10-7-26(15-30(27)43(53)57-3)61-19-23-20-62-41-38(40(51)48(41)39(23)44(54)58-4)47-36(50)18-46-17-22-11-21-12-31(45)35(56-2)16-32(21)60-42(22)52/h5-16,31,35,38,41,46H,17-20H2,1-4H3,(H,47,50). The summed E-state index contributed by atoms with van der Waals surface area (Å²) in [5, 5.41) is 5.98. The van der Waals surface area contributed by atoms with Crippen LogP contribution in [0.4, 0.5) is 0 Å². The van der Waals surface area contributed by atoms with Crippen LogP contribution in [-0.4, -0.2) is 98.0 Å². The largest absolute Gasteiger partial charge is 0.497 e. The summed E-state index contributed by atoms with van der Waals surface area (Å²) in [7, 11) is 5.57. The Hall–Kier alpha value is -5.85. The summed E-state index contributed by atoms with van der Waals surface area (Å²) in [5.74, 6) is -0.742. The van der Waals surface area contributed by atoms with E-state index in [-0.39, 0.29) is 35.5 Å². The summed E-state index contributed by atoms with van der Waals surface area (Å²) in [4.78, 5) is 80.2. The highest BCUT2D eigenvalue weighted by Gasteiger charge is 2.54. The summed E-state index contributed by atoms with van der Waals surface area (Å²) in [6.07, 6.45) is 2.94. The molecule has 2 N–H and O–H groups in total. The Bertz CT molecular complexity index is 2910. The van der Waals surface area contributed by atoms with Crippen LogP contribution in [0.2, 0.25) is 0 Å². The smallest absolute Gasteiger partial charge is 0.354 e. The molecule has 15 nitrogen and oxygen atoms in total. The second-order valence-electron chi connectivity index (χ2n) is 14.3. The second-order valence-corrected chi connectivity index (χ2v) is 17.0. The van der Waals surface area contributed by atoms with Crippen LogP contribution in [-0.2, 0) is 35.1 Å². The maximum Gasteiger partial charge on any atom is 0.354 e. The minimum Gasteiger partial charge on any atom is -0.497 e. The van der Waals surface area contributed by atoms with Gasteiger partial charge in [-0.15, -0.1) is 35.1 Å². The Balaban J connectivity index is 0.977. The molecule has 4 unspecified atom stereocenters. The summed E-state index contributed by atoms with van der Waals surface area (Å²) < 4.78 is 32.6. The number of esters is 2. The number of β-lactam (4-membered cyclic amide) rings is 1. The lowest BCUT2D eigenvalue weighted by molar-refractivity contribution is -0.151. The van der Waals surface area contributed by atoms with Gasteiger partial charge in [0.05, 0.1) is 50.5 Å². The van der Waals surface area contributed by atoms with E-state index in [9.17, 15) is 28.8 Å². The molecule has 0 saturated carbocycles. The van der Waals surface area contributed by atoms with E-state index in [0.717, 1.165) is 0 Å². The van der Waals surface area contributed by atoms with Crippen molar-refractivity contribution in [1.82, 2.24) is 15.5 Å². The highest BCUT2D eigenvalue weighted by Crippen LogP contribution is 2.44. The van der Waals surface area contributed by atoms with Gasteiger partial charge < -0.3 is 38.4 Å². The third-order valence-corrected chi connectivity index (χ3v) is 13.4. The van der Waals surface area contributed by atoms with Crippen LogP contribution < -0.4 is 37.1 Å². The Labute approximate surface area is 366 Å². The predicted molar refractivity (Wildman–Crippen MR) is 233 cm³/mol. The average molecular weight is 900 g/mol. The third kappa shape index (κ3) is 8.13. The van der Waals surface area contributed by atoms with Crippen LogP contribution in [0.5, 0.6) is 5.75 Å². The fraction of sp³-hybridized carbons (Fsp3) is 0.273. The molecule has 18 heteroatoms. The number of carbonyl (C=O) groups excluding carboxylic acids is 4. The van der Waals surface area contributed by atoms with Gasteiger partial charge in [-0.3, -0.25) is 19.3 Å². The number of nitrogens with zero attached hydrogens (tertiary/aromatic N) is 1. The fourth-order valence-electron chi connectivity index (χ4n) is 7.59. The van der Waals surface area contributed by atoms with E-state index in [2.05, 4.69) is 10.6 Å². The zero-order valence-electron chi connectivity index (χ0n) is 33.6. The van der Waals surface area contributed by atoms with Crippen molar-refractivity contribution >= 4 is 82.0 Å². The van der Waals surface area contributed by atoms with Gasteiger partial charge in [-0.2, -0.15) is 0 Å². The first-order valence-corrected chi connectivity index (χ1v) is 21.6. The summed E-state index contributed by atoms with van der Waals surface area (Å²) in [6.45, 7) is -0.178. The molecule has 3 aliphatic heterocycles. The molecule has 1 aromatic heterocycles. The molecule has 62 heavy (non-hydrogen) atoms. The monoisotopic (exact) mass is 899 g/mol. The van der Waals surface area contributed by atoms with Crippen LogP contribution in [0.25, 0.3) is 45.6 Å². The van der Waals surface area contributed by atoms with Crippen molar-refractivity contribution in [2.24, 2.45) is 0 Å². The van der Waals surface area contributed by atoms with Gasteiger partial charge in [-0.25, -0.2) is 14.4 Å². The molecule has 4 atom stereocenters. The molecule has 4 heterocycles. The van der Waals surface area contributed by atoms with Crippen molar-refractivity contribution in [1.29, 1.82) is 0 Å². The molecule has 2 aromatic carbocycles. The van der Waals surface area contributed by atoms with Crippen molar-refractivity contribution in [2.75, 3.05) is 46.5 Å². The third-order valence-electron chi connectivity index (χ3n) is 10.6. The maximum atomic E-state index is 13.6. The minimum absolute atomic E-state index is 0.0236. The zero-order valence-corrected chi connectivity index (χ0v) is 36.0. The van der Waals surface area contributed by atoms with Gasteiger partial charge in [0.1, 0.15) is 39.6 Å². The van der Waals surface area contributed by atoms with Crippen molar-refractivity contribution in [3.63, 3.8) is 0 Å². The lowest BCUT2D eigenvalue weighted by Gasteiger charge is -2.49. The van der Waals surface area contributed by atoms with E-state index in [1.165, 1.54) is 69.0 Å². The Morgan fingerprint density at radius 2 is 1.71 bits per heavy atom. The number of ether oxygens (including phenoxy) is 4. The molecule has 2 aliphatic carbocycles. The molecule has 2 amide bonds. The van der Waals surface area contributed by atoms with Crippen LogP contribution in [0.1, 0.15) is 15.9 Å². The van der Waals surface area contributed by atoms with E-state index in [4.69, 9.17) is 39.4 Å². The molecule has 0 spiro atoms. The fourth-order valence-corrected chi connectivity index (χ4v) is 10.3. The number of halogens is 1. The number of hydrogen-bond acceptors (Lipinski definition) is 15. The van der Waals surface area contributed by atoms with Gasteiger partial charge in [-0.05, 0) is 59.7 Å². The molecule has 320 valence electrons. The van der Waals surface area contributed by atoms with Crippen LogP contribution in [0, 0.1) is 0 Å². The number of benzene rings is 3. The quantitative estimate of drug-likeness (QED) is 0.0575. The first-order chi connectivity index (χ1) is 29.9. The maximum absolute atomic E-state index is 13.6. The number of fused-ring (bicyclic) bond motifs is 4. The number of thioether (sulfide) groups is 2. The normalized spacial score (nSPS) is 19.2. The number of rotatable bonds is 13.